The summed E-state index contributed by atoms with van der Waals surface area (Å²) in [6.45, 7) is 10.1. The van der Waals surface area contributed by atoms with Crippen LogP contribution in [0.4, 0.5) is 14.9 Å². The number of benzene rings is 2. The van der Waals surface area contributed by atoms with E-state index < -0.39 is 36.7 Å². The minimum Gasteiger partial charge on any atom is -0.497 e. The lowest BCUT2D eigenvalue weighted by molar-refractivity contribution is -0.155. The maximum atomic E-state index is 16.5. The molecule has 17 nitrogen and oxygen atoms in total. The Morgan fingerprint density at radius 3 is 2.29 bits per heavy atom. The standard InChI is InChI=1S/C38H47FN8O9/c1-8-24(9-2)34(49)55-22-56-36-45-33(46-47(36)35-41-15-10-16-42-35)31(28-19-27(51-7)20-29(30(28)39)53-18-17-52-23(3)48)43-26-13-11-25(12-14-26)32(40)44-37(50)54-21-38(4,5)6/h10-16,19-20,24,31,43H,8-9,17-18,21-22H2,1-7H3,(H2,40,44,50). The zero-order valence-electron chi connectivity index (χ0n) is 32.4. The molecule has 0 saturated heterocycles. The molecule has 2 aromatic carbocycles. The second-order valence-corrected chi connectivity index (χ2v) is 13.5. The van der Waals surface area contributed by atoms with Crippen molar-refractivity contribution in [1.29, 1.82) is 5.41 Å². The van der Waals surface area contributed by atoms with Gasteiger partial charge in [-0.15, -0.1) is 9.78 Å². The molecule has 1 atom stereocenters. The summed E-state index contributed by atoms with van der Waals surface area (Å²) in [6, 6.07) is 9.40. The number of carbonyl (C=O) groups excluding carboxylic acids is 3. The van der Waals surface area contributed by atoms with Gasteiger partial charge in [-0.2, -0.15) is 4.98 Å². The Labute approximate surface area is 323 Å². The first-order valence-corrected chi connectivity index (χ1v) is 17.8. The highest BCUT2D eigenvalue weighted by Gasteiger charge is 2.29. The number of rotatable bonds is 18. The van der Waals surface area contributed by atoms with Crippen molar-refractivity contribution in [2.24, 2.45) is 11.3 Å². The van der Waals surface area contributed by atoms with Crippen LogP contribution in [-0.2, 0) is 23.8 Å². The molecule has 3 N–H and O–H groups in total. The third-order valence-corrected chi connectivity index (χ3v) is 7.88. The van der Waals surface area contributed by atoms with E-state index >= 15 is 4.39 Å². The molecule has 1 unspecified atom stereocenters. The second kappa shape index (κ2) is 19.8. The lowest BCUT2D eigenvalue weighted by Gasteiger charge is -2.21. The first-order chi connectivity index (χ1) is 26.7. The Bertz CT molecular complexity index is 1950. The van der Waals surface area contributed by atoms with Crippen LogP contribution in [0.1, 0.15) is 77.4 Å². The predicted molar refractivity (Wildman–Crippen MR) is 200 cm³/mol. The molecule has 0 spiro atoms. The van der Waals surface area contributed by atoms with Gasteiger partial charge in [0.1, 0.15) is 30.8 Å². The van der Waals surface area contributed by atoms with Crippen LogP contribution in [0, 0.1) is 22.6 Å². The van der Waals surface area contributed by atoms with Gasteiger partial charge in [-0.3, -0.25) is 20.3 Å². The molecule has 300 valence electrons. The van der Waals surface area contributed by atoms with E-state index in [4.69, 9.17) is 33.8 Å². The summed E-state index contributed by atoms with van der Waals surface area (Å²) >= 11 is 0. The highest BCUT2D eigenvalue weighted by molar-refractivity contribution is 6.04. The average molecular weight is 779 g/mol. The van der Waals surface area contributed by atoms with Gasteiger partial charge in [-0.25, -0.2) is 19.2 Å². The maximum Gasteiger partial charge on any atom is 0.412 e. The van der Waals surface area contributed by atoms with Gasteiger partial charge in [0.25, 0.3) is 5.95 Å². The molecule has 0 aliphatic carbocycles. The summed E-state index contributed by atoms with van der Waals surface area (Å²) in [5.41, 5.74) is 0.506. The Morgan fingerprint density at radius 1 is 0.964 bits per heavy atom. The van der Waals surface area contributed by atoms with Gasteiger partial charge in [0.15, 0.2) is 17.4 Å². The number of aromatic nitrogens is 5. The number of amides is 1. The van der Waals surface area contributed by atoms with E-state index in [0.29, 0.717) is 24.1 Å². The van der Waals surface area contributed by atoms with Gasteiger partial charge in [0, 0.05) is 42.2 Å². The monoisotopic (exact) mass is 778 g/mol. The molecule has 4 rings (SSSR count). The molecule has 0 radical (unpaired) electrons. The number of nitrogens with one attached hydrogen (secondary N) is 3. The van der Waals surface area contributed by atoms with E-state index in [-0.39, 0.29) is 71.8 Å². The zero-order chi connectivity index (χ0) is 40.8. The van der Waals surface area contributed by atoms with Crippen molar-refractivity contribution in [3.8, 4) is 23.5 Å². The van der Waals surface area contributed by atoms with Gasteiger partial charge in [0.05, 0.1) is 19.6 Å². The predicted octanol–water partition coefficient (Wildman–Crippen LogP) is 5.76. The lowest BCUT2D eigenvalue weighted by atomic mass is 9.99. The quantitative estimate of drug-likeness (QED) is 0.0274. The van der Waals surface area contributed by atoms with Gasteiger partial charge in [0.2, 0.25) is 6.79 Å². The van der Waals surface area contributed by atoms with E-state index in [2.05, 4.69) is 30.7 Å². The van der Waals surface area contributed by atoms with Crippen molar-refractivity contribution in [1.82, 2.24) is 30.0 Å². The highest BCUT2D eigenvalue weighted by atomic mass is 19.1. The van der Waals surface area contributed by atoms with Crippen molar-refractivity contribution in [3.05, 3.63) is 77.6 Å². The van der Waals surface area contributed by atoms with E-state index in [1.807, 2.05) is 34.6 Å². The normalized spacial score (nSPS) is 11.7. The molecule has 1 amide bonds. The zero-order valence-corrected chi connectivity index (χ0v) is 32.4. The first kappa shape index (κ1) is 42.4. The summed E-state index contributed by atoms with van der Waals surface area (Å²) in [7, 11) is 1.40. The molecular weight excluding hydrogens is 731 g/mol. The van der Waals surface area contributed by atoms with Crippen LogP contribution in [0.15, 0.2) is 54.9 Å². The molecule has 0 aliphatic rings. The third kappa shape index (κ3) is 12.1. The topological polar surface area (TPSA) is 211 Å². The minimum absolute atomic E-state index is 0.0234. The van der Waals surface area contributed by atoms with Crippen LogP contribution in [0.2, 0.25) is 0 Å². The fourth-order valence-corrected chi connectivity index (χ4v) is 4.98. The van der Waals surface area contributed by atoms with Gasteiger partial charge in [-0.1, -0.05) is 34.6 Å². The van der Waals surface area contributed by atoms with E-state index in [0.717, 1.165) is 0 Å². The summed E-state index contributed by atoms with van der Waals surface area (Å²) in [6.07, 6.45) is 3.38. The van der Waals surface area contributed by atoms with Crippen molar-refractivity contribution >= 4 is 29.6 Å². The molecule has 0 fully saturated rings. The molecule has 2 aromatic heterocycles. The van der Waals surface area contributed by atoms with Crippen LogP contribution in [0.25, 0.3) is 5.95 Å². The molecule has 0 bridgehead atoms. The molecule has 56 heavy (non-hydrogen) atoms. The number of carbonyl (C=O) groups is 3. The summed E-state index contributed by atoms with van der Waals surface area (Å²) < 4.78 is 50.2. The number of hydrogen-bond donors (Lipinski definition) is 3. The number of nitrogens with zero attached hydrogens (tertiary/aromatic N) is 5. The molecule has 0 saturated carbocycles. The van der Waals surface area contributed by atoms with Gasteiger partial charge >= 0.3 is 24.0 Å². The van der Waals surface area contributed by atoms with E-state index in [1.165, 1.54) is 43.2 Å². The third-order valence-electron chi connectivity index (χ3n) is 7.88. The second-order valence-electron chi connectivity index (χ2n) is 13.5. The van der Waals surface area contributed by atoms with Crippen LogP contribution < -0.4 is 24.8 Å². The average Bonchev–Trinajstić information content (AvgIpc) is 3.60. The van der Waals surface area contributed by atoms with Gasteiger partial charge in [-0.05, 0) is 54.7 Å². The molecule has 2 heterocycles. The van der Waals surface area contributed by atoms with Gasteiger partial charge < -0.3 is 33.7 Å². The number of alkyl carbamates (subject to hydrolysis) is 1. The van der Waals surface area contributed by atoms with E-state index in [1.54, 1.807) is 30.3 Å². The Morgan fingerprint density at radius 2 is 1.66 bits per heavy atom. The minimum atomic E-state index is -1.18. The lowest BCUT2D eigenvalue weighted by Crippen LogP contribution is -2.33. The van der Waals surface area contributed by atoms with E-state index in [9.17, 15) is 14.4 Å². The number of anilines is 1. The fraction of sp³-hybridized carbons (Fsp3) is 0.421. The van der Waals surface area contributed by atoms with Crippen LogP contribution in [0.3, 0.4) is 0 Å². The summed E-state index contributed by atoms with van der Waals surface area (Å²) in [4.78, 5) is 49.2. The summed E-state index contributed by atoms with van der Waals surface area (Å²) in [5, 5.41) is 18.6. The number of esters is 2. The highest BCUT2D eigenvalue weighted by Crippen LogP contribution is 2.36. The Kier molecular flexibility index (Phi) is 15.0. The largest absolute Gasteiger partial charge is 0.497 e. The molecular formula is C38H47FN8O9. The number of ether oxygens (including phenoxy) is 6. The number of hydrogen-bond acceptors (Lipinski definition) is 15. The smallest absolute Gasteiger partial charge is 0.412 e. The van der Waals surface area contributed by atoms with Crippen LogP contribution >= 0.6 is 0 Å². The van der Waals surface area contributed by atoms with Crippen molar-refractivity contribution in [3.63, 3.8) is 0 Å². The fourth-order valence-electron chi connectivity index (χ4n) is 4.98. The number of amidine groups is 1. The number of halogens is 1. The SMILES string of the molecule is CCC(CC)C(=O)OCOc1nc(C(Nc2ccc(C(=N)NC(=O)OCC(C)(C)C)cc2)c2cc(OC)cc(OCCOC(C)=O)c2F)nn1-c1ncccn1. The molecule has 18 heteroatoms. The van der Waals surface area contributed by atoms with Crippen molar-refractivity contribution in [2.75, 3.05) is 39.0 Å². The van der Waals surface area contributed by atoms with Crippen molar-refractivity contribution in [2.45, 2.75) is 60.4 Å². The first-order valence-electron chi connectivity index (χ1n) is 17.8. The maximum absolute atomic E-state index is 16.5. The Balaban J connectivity index is 1.73. The van der Waals surface area contributed by atoms with Crippen LogP contribution in [-0.4, -0.2) is 82.3 Å². The summed E-state index contributed by atoms with van der Waals surface area (Å²) in [5.74, 6) is -2.23. The Hall–Kier alpha value is -6.33. The molecule has 0 aliphatic heterocycles. The molecule has 4 aromatic rings. The van der Waals surface area contributed by atoms with Crippen LogP contribution in [0.5, 0.6) is 17.5 Å². The van der Waals surface area contributed by atoms with Crippen molar-refractivity contribution < 1.29 is 47.2 Å². The number of methoxy groups -OCH3 is 1.